The molecule has 1 aliphatic rings. The molecule has 0 saturated carbocycles. The van der Waals surface area contributed by atoms with Crippen LogP contribution in [-0.4, -0.2) is 35.3 Å². The Labute approximate surface area is 79.2 Å². The van der Waals surface area contributed by atoms with Gasteiger partial charge in [-0.25, -0.2) is 0 Å². The summed E-state index contributed by atoms with van der Waals surface area (Å²) in [7, 11) is 0. The molecule has 0 unspecified atom stereocenters. The van der Waals surface area contributed by atoms with E-state index in [0.717, 1.165) is 24.7 Å². The highest BCUT2D eigenvalue weighted by molar-refractivity contribution is 7.99. The van der Waals surface area contributed by atoms with Gasteiger partial charge in [0.2, 0.25) is 0 Å². The number of hydrogen-bond donors (Lipinski definition) is 1. The van der Waals surface area contributed by atoms with E-state index in [9.17, 15) is 0 Å². The fraction of sp³-hybridized carbons (Fsp3) is 0.889. The molecule has 0 aliphatic carbocycles. The van der Waals surface area contributed by atoms with Crippen molar-refractivity contribution in [1.82, 2.24) is 4.90 Å². The van der Waals surface area contributed by atoms with Crippen molar-refractivity contribution in [3.63, 3.8) is 0 Å². The summed E-state index contributed by atoms with van der Waals surface area (Å²) in [5.41, 5.74) is 0. The lowest BCUT2D eigenvalue weighted by Gasteiger charge is -2.17. The Morgan fingerprint density at radius 2 is 2.08 bits per heavy atom. The predicted octanol–water partition coefficient (Wildman–Crippen LogP) is 2.20. The summed E-state index contributed by atoms with van der Waals surface area (Å²) >= 11 is 1.88. The summed E-state index contributed by atoms with van der Waals surface area (Å²) in [5, 5.41) is 7.77. The molecule has 3 heteroatoms. The number of amidine groups is 1. The van der Waals surface area contributed by atoms with Gasteiger partial charge in [0, 0.05) is 13.1 Å². The lowest BCUT2D eigenvalue weighted by Crippen LogP contribution is -2.28. The number of hydrogen-bond acceptors (Lipinski definition) is 2. The maximum atomic E-state index is 7.77. The molecule has 0 bridgehead atoms. The Kier molecular flexibility index (Phi) is 4.51. The average Bonchev–Trinajstić information content (AvgIpc) is 2.56. The van der Waals surface area contributed by atoms with Gasteiger partial charge in [-0.3, -0.25) is 5.41 Å². The molecule has 1 heterocycles. The summed E-state index contributed by atoms with van der Waals surface area (Å²) < 4.78 is 0. The number of likely N-dealkylation sites (tertiary alicyclic amines) is 1. The minimum absolute atomic E-state index is 0.839. The summed E-state index contributed by atoms with van der Waals surface area (Å²) in [5.74, 6) is 2.94. The molecule has 0 spiro atoms. The second-order valence-electron chi connectivity index (χ2n) is 3.19. The minimum atomic E-state index is 0.839. The van der Waals surface area contributed by atoms with Crippen LogP contribution in [0.2, 0.25) is 0 Å². The van der Waals surface area contributed by atoms with Crippen molar-refractivity contribution in [3.05, 3.63) is 0 Å². The number of nitrogens with one attached hydrogen (secondary N) is 1. The van der Waals surface area contributed by atoms with Crippen LogP contribution in [0, 0.1) is 5.41 Å². The van der Waals surface area contributed by atoms with Crippen molar-refractivity contribution < 1.29 is 0 Å². The maximum Gasteiger partial charge on any atom is 0.106 e. The molecule has 0 radical (unpaired) electrons. The molecule has 70 valence electrons. The van der Waals surface area contributed by atoms with Crippen LogP contribution in [0.4, 0.5) is 0 Å². The summed E-state index contributed by atoms with van der Waals surface area (Å²) in [4.78, 5) is 2.21. The van der Waals surface area contributed by atoms with E-state index in [1.807, 2.05) is 11.8 Å². The van der Waals surface area contributed by atoms with Gasteiger partial charge in [0.1, 0.15) is 5.84 Å². The SMILES string of the molecule is CCCSCC(=N)N1CCCC1. The van der Waals surface area contributed by atoms with Gasteiger partial charge in [0.15, 0.2) is 0 Å². The molecule has 0 aromatic carbocycles. The number of rotatable bonds is 4. The highest BCUT2D eigenvalue weighted by Crippen LogP contribution is 2.11. The monoisotopic (exact) mass is 186 g/mol. The molecular weight excluding hydrogens is 168 g/mol. The maximum absolute atomic E-state index is 7.77. The second-order valence-corrected chi connectivity index (χ2v) is 4.30. The van der Waals surface area contributed by atoms with Crippen LogP contribution in [0.3, 0.4) is 0 Å². The Bertz CT molecular complexity index is 141. The van der Waals surface area contributed by atoms with Crippen LogP contribution in [0.25, 0.3) is 0 Å². The van der Waals surface area contributed by atoms with Gasteiger partial charge in [0.05, 0.1) is 5.75 Å². The molecule has 1 N–H and O–H groups in total. The number of thioether (sulfide) groups is 1. The Morgan fingerprint density at radius 1 is 1.42 bits per heavy atom. The molecule has 2 nitrogen and oxygen atoms in total. The van der Waals surface area contributed by atoms with Crippen molar-refractivity contribution in [1.29, 1.82) is 5.41 Å². The van der Waals surface area contributed by atoms with Crippen LogP contribution in [0.5, 0.6) is 0 Å². The van der Waals surface area contributed by atoms with Crippen molar-refractivity contribution >= 4 is 17.6 Å². The summed E-state index contributed by atoms with van der Waals surface area (Å²) in [6.45, 7) is 4.42. The lowest BCUT2D eigenvalue weighted by molar-refractivity contribution is 0.514. The van der Waals surface area contributed by atoms with E-state index in [-0.39, 0.29) is 0 Å². The van der Waals surface area contributed by atoms with Crippen molar-refractivity contribution in [3.8, 4) is 0 Å². The van der Waals surface area contributed by atoms with Crippen LogP contribution in [0.1, 0.15) is 26.2 Å². The van der Waals surface area contributed by atoms with E-state index in [1.54, 1.807) is 0 Å². The zero-order valence-corrected chi connectivity index (χ0v) is 8.62. The van der Waals surface area contributed by atoms with Crippen molar-refractivity contribution in [2.24, 2.45) is 0 Å². The van der Waals surface area contributed by atoms with Crippen LogP contribution in [-0.2, 0) is 0 Å². The highest BCUT2D eigenvalue weighted by atomic mass is 32.2. The Hall–Kier alpha value is -0.180. The summed E-state index contributed by atoms with van der Waals surface area (Å²) in [6.07, 6.45) is 3.78. The van der Waals surface area contributed by atoms with Gasteiger partial charge >= 0.3 is 0 Å². The zero-order chi connectivity index (χ0) is 8.81. The van der Waals surface area contributed by atoms with E-state index >= 15 is 0 Å². The van der Waals surface area contributed by atoms with Gasteiger partial charge in [-0.15, -0.1) is 0 Å². The fourth-order valence-electron chi connectivity index (χ4n) is 1.39. The molecular formula is C9H18N2S. The van der Waals surface area contributed by atoms with Crippen molar-refractivity contribution in [2.75, 3.05) is 24.6 Å². The quantitative estimate of drug-likeness (QED) is 0.414. The van der Waals surface area contributed by atoms with E-state index in [0.29, 0.717) is 0 Å². The zero-order valence-electron chi connectivity index (χ0n) is 7.81. The normalized spacial score (nSPS) is 16.9. The standard InChI is InChI=1S/C9H18N2S/c1-2-7-12-8-9(10)11-5-3-4-6-11/h10H,2-8H2,1H3. The molecule has 0 aromatic rings. The Morgan fingerprint density at radius 3 is 2.67 bits per heavy atom. The smallest absolute Gasteiger partial charge is 0.106 e. The first kappa shape index (κ1) is 9.90. The predicted molar refractivity (Wildman–Crippen MR) is 56.1 cm³/mol. The lowest BCUT2D eigenvalue weighted by atomic mass is 10.4. The van der Waals surface area contributed by atoms with E-state index in [1.165, 1.54) is 25.0 Å². The third-order valence-electron chi connectivity index (χ3n) is 2.08. The van der Waals surface area contributed by atoms with E-state index in [4.69, 9.17) is 5.41 Å². The summed E-state index contributed by atoms with van der Waals surface area (Å²) in [6, 6.07) is 0. The first-order valence-corrected chi connectivity index (χ1v) is 5.90. The van der Waals surface area contributed by atoms with Gasteiger partial charge < -0.3 is 4.90 Å². The molecule has 1 rings (SSSR count). The molecule has 1 fully saturated rings. The molecule has 0 aromatic heterocycles. The average molecular weight is 186 g/mol. The van der Waals surface area contributed by atoms with E-state index in [2.05, 4.69) is 11.8 Å². The third kappa shape index (κ3) is 3.05. The topological polar surface area (TPSA) is 27.1 Å². The van der Waals surface area contributed by atoms with E-state index < -0.39 is 0 Å². The highest BCUT2D eigenvalue weighted by Gasteiger charge is 2.13. The van der Waals surface area contributed by atoms with Crippen LogP contribution >= 0.6 is 11.8 Å². The minimum Gasteiger partial charge on any atom is -0.360 e. The van der Waals surface area contributed by atoms with Gasteiger partial charge in [0.25, 0.3) is 0 Å². The largest absolute Gasteiger partial charge is 0.360 e. The molecule has 12 heavy (non-hydrogen) atoms. The van der Waals surface area contributed by atoms with Crippen LogP contribution < -0.4 is 0 Å². The fourth-order valence-corrected chi connectivity index (χ4v) is 2.20. The molecule has 1 saturated heterocycles. The number of nitrogens with zero attached hydrogens (tertiary/aromatic N) is 1. The third-order valence-corrected chi connectivity index (χ3v) is 3.25. The first-order valence-electron chi connectivity index (χ1n) is 4.74. The van der Waals surface area contributed by atoms with Gasteiger partial charge in [-0.05, 0) is 25.0 Å². The molecule has 0 amide bonds. The first-order chi connectivity index (χ1) is 5.84. The van der Waals surface area contributed by atoms with Gasteiger partial charge in [-0.2, -0.15) is 11.8 Å². The van der Waals surface area contributed by atoms with Gasteiger partial charge in [-0.1, -0.05) is 6.92 Å². The van der Waals surface area contributed by atoms with Crippen LogP contribution in [0.15, 0.2) is 0 Å². The Balaban J connectivity index is 2.10. The molecule has 1 aliphatic heterocycles. The second kappa shape index (κ2) is 5.46. The molecule has 0 atom stereocenters. The van der Waals surface area contributed by atoms with Crippen molar-refractivity contribution in [2.45, 2.75) is 26.2 Å².